The number of imidazole rings is 1. The van der Waals surface area contributed by atoms with Crippen LogP contribution in [0.2, 0.25) is 0 Å². The summed E-state index contributed by atoms with van der Waals surface area (Å²) in [6, 6.07) is 8.51. The van der Waals surface area contributed by atoms with E-state index in [9.17, 15) is 0 Å². The Morgan fingerprint density at radius 2 is 2.12 bits per heavy atom. The van der Waals surface area contributed by atoms with Crippen molar-refractivity contribution in [2.75, 3.05) is 13.1 Å². The molecule has 1 atom stereocenters. The van der Waals surface area contributed by atoms with Gasteiger partial charge in [-0.05, 0) is 31.5 Å². The summed E-state index contributed by atoms with van der Waals surface area (Å²) < 4.78 is 7.75. The van der Waals surface area contributed by atoms with Crippen molar-refractivity contribution in [2.45, 2.75) is 45.2 Å². The van der Waals surface area contributed by atoms with Crippen LogP contribution in [0.3, 0.4) is 0 Å². The highest BCUT2D eigenvalue weighted by molar-refractivity contribution is 5.74. The second-order valence-corrected chi connectivity index (χ2v) is 6.77. The highest BCUT2D eigenvalue weighted by Gasteiger charge is 2.30. The SMILES string of the molecule is CC(C)c1noc([C@@H]2CCCN2CCn2cnc3ccccc32)n1. The normalized spacial score (nSPS) is 18.9. The van der Waals surface area contributed by atoms with Gasteiger partial charge in [-0.25, -0.2) is 4.98 Å². The molecule has 0 saturated carbocycles. The van der Waals surface area contributed by atoms with Crippen LogP contribution in [0, 0.1) is 0 Å². The maximum atomic E-state index is 5.53. The van der Waals surface area contributed by atoms with Gasteiger partial charge in [-0.1, -0.05) is 31.1 Å². The van der Waals surface area contributed by atoms with Gasteiger partial charge in [-0.2, -0.15) is 4.98 Å². The lowest BCUT2D eigenvalue weighted by Gasteiger charge is -2.21. The third-order valence-electron chi connectivity index (χ3n) is 4.78. The molecule has 0 unspecified atom stereocenters. The number of nitrogens with zero attached hydrogens (tertiary/aromatic N) is 5. The summed E-state index contributed by atoms with van der Waals surface area (Å²) >= 11 is 0. The Kier molecular flexibility index (Phi) is 4.06. The lowest BCUT2D eigenvalue weighted by molar-refractivity contribution is 0.202. The van der Waals surface area contributed by atoms with E-state index < -0.39 is 0 Å². The summed E-state index contributed by atoms with van der Waals surface area (Å²) in [7, 11) is 0. The molecule has 3 aromatic rings. The molecule has 126 valence electrons. The first-order valence-electron chi connectivity index (χ1n) is 8.70. The number of hydrogen-bond acceptors (Lipinski definition) is 5. The summed E-state index contributed by atoms with van der Waals surface area (Å²) in [5.74, 6) is 1.87. The van der Waals surface area contributed by atoms with Gasteiger partial charge in [-0.3, -0.25) is 4.90 Å². The molecule has 2 aromatic heterocycles. The van der Waals surface area contributed by atoms with Gasteiger partial charge < -0.3 is 9.09 Å². The van der Waals surface area contributed by atoms with Gasteiger partial charge >= 0.3 is 0 Å². The fourth-order valence-corrected chi connectivity index (χ4v) is 3.42. The number of rotatable bonds is 5. The van der Waals surface area contributed by atoms with Gasteiger partial charge in [0.2, 0.25) is 5.89 Å². The molecule has 1 aliphatic rings. The molecule has 0 bridgehead atoms. The van der Waals surface area contributed by atoms with Crippen molar-refractivity contribution in [2.24, 2.45) is 0 Å². The fraction of sp³-hybridized carbons (Fsp3) is 0.500. The van der Waals surface area contributed by atoms with Gasteiger partial charge in [0.15, 0.2) is 5.82 Å². The van der Waals surface area contributed by atoms with Crippen LogP contribution >= 0.6 is 0 Å². The van der Waals surface area contributed by atoms with Gasteiger partial charge in [0.25, 0.3) is 0 Å². The van der Waals surface area contributed by atoms with Crippen molar-refractivity contribution < 1.29 is 4.52 Å². The molecule has 1 aliphatic heterocycles. The Bertz CT molecular complexity index is 822. The van der Waals surface area contributed by atoms with Crippen LogP contribution in [0.4, 0.5) is 0 Å². The molecule has 1 fully saturated rings. The summed E-state index contributed by atoms with van der Waals surface area (Å²) in [4.78, 5) is 11.5. The maximum absolute atomic E-state index is 5.53. The Balaban J connectivity index is 1.47. The van der Waals surface area contributed by atoms with Crippen molar-refractivity contribution >= 4 is 11.0 Å². The van der Waals surface area contributed by atoms with Crippen molar-refractivity contribution in [1.29, 1.82) is 0 Å². The smallest absolute Gasteiger partial charge is 0.244 e. The molecule has 0 spiro atoms. The Morgan fingerprint density at radius 3 is 2.96 bits per heavy atom. The summed E-state index contributed by atoms with van der Waals surface area (Å²) in [5, 5.41) is 4.12. The zero-order valence-corrected chi connectivity index (χ0v) is 14.2. The van der Waals surface area contributed by atoms with E-state index in [1.54, 1.807) is 0 Å². The van der Waals surface area contributed by atoms with E-state index in [4.69, 9.17) is 4.52 Å². The van der Waals surface area contributed by atoms with E-state index in [1.165, 1.54) is 11.9 Å². The molecule has 0 N–H and O–H groups in total. The average Bonchev–Trinajstić information content (AvgIpc) is 3.31. The molecule has 24 heavy (non-hydrogen) atoms. The topological polar surface area (TPSA) is 60.0 Å². The Morgan fingerprint density at radius 1 is 1.25 bits per heavy atom. The van der Waals surface area contributed by atoms with E-state index in [1.807, 2.05) is 12.4 Å². The molecule has 1 aromatic carbocycles. The van der Waals surface area contributed by atoms with Crippen molar-refractivity contribution in [3.05, 3.63) is 42.3 Å². The third kappa shape index (κ3) is 2.82. The highest BCUT2D eigenvalue weighted by Crippen LogP contribution is 2.31. The molecule has 3 heterocycles. The van der Waals surface area contributed by atoms with Crippen LogP contribution in [-0.2, 0) is 6.54 Å². The molecule has 0 aliphatic carbocycles. The second kappa shape index (κ2) is 6.36. The zero-order chi connectivity index (χ0) is 16.5. The number of aromatic nitrogens is 4. The first-order valence-corrected chi connectivity index (χ1v) is 8.70. The fourth-order valence-electron chi connectivity index (χ4n) is 3.42. The molecule has 1 saturated heterocycles. The summed E-state index contributed by atoms with van der Waals surface area (Å²) in [6.45, 7) is 7.14. The summed E-state index contributed by atoms with van der Waals surface area (Å²) in [6.07, 6.45) is 4.19. The minimum absolute atomic E-state index is 0.250. The largest absolute Gasteiger partial charge is 0.338 e. The number of benzene rings is 1. The monoisotopic (exact) mass is 325 g/mol. The Hall–Kier alpha value is -2.21. The predicted octanol–water partition coefficient (Wildman–Crippen LogP) is 3.38. The van der Waals surface area contributed by atoms with E-state index >= 15 is 0 Å². The lowest BCUT2D eigenvalue weighted by atomic mass is 10.2. The Labute approximate surface area is 141 Å². The van der Waals surface area contributed by atoms with Crippen LogP contribution in [-0.4, -0.2) is 37.7 Å². The van der Waals surface area contributed by atoms with Gasteiger partial charge in [0.1, 0.15) is 0 Å². The van der Waals surface area contributed by atoms with E-state index in [-0.39, 0.29) is 6.04 Å². The molecule has 0 radical (unpaired) electrons. The minimum Gasteiger partial charge on any atom is -0.338 e. The van der Waals surface area contributed by atoms with Gasteiger partial charge in [-0.15, -0.1) is 0 Å². The zero-order valence-electron chi connectivity index (χ0n) is 14.2. The number of para-hydroxylation sites is 2. The first kappa shape index (κ1) is 15.3. The maximum Gasteiger partial charge on any atom is 0.244 e. The first-order chi connectivity index (χ1) is 11.7. The van der Waals surface area contributed by atoms with Crippen LogP contribution in [0.1, 0.15) is 50.4 Å². The van der Waals surface area contributed by atoms with E-state index in [0.29, 0.717) is 5.92 Å². The quantitative estimate of drug-likeness (QED) is 0.720. The number of hydrogen-bond donors (Lipinski definition) is 0. The van der Waals surface area contributed by atoms with E-state index in [0.717, 1.165) is 43.3 Å². The van der Waals surface area contributed by atoms with Crippen molar-refractivity contribution in [3.8, 4) is 0 Å². The molecule has 4 rings (SSSR count). The van der Waals surface area contributed by atoms with Crippen LogP contribution in [0.15, 0.2) is 35.1 Å². The lowest BCUT2D eigenvalue weighted by Crippen LogP contribution is -2.27. The molecule has 0 amide bonds. The van der Waals surface area contributed by atoms with E-state index in [2.05, 4.69) is 56.6 Å². The molecular weight excluding hydrogens is 302 g/mol. The second-order valence-electron chi connectivity index (χ2n) is 6.77. The minimum atomic E-state index is 0.250. The van der Waals surface area contributed by atoms with Gasteiger partial charge in [0.05, 0.1) is 23.4 Å². The highest BCUT2D eigenvalue weighted by atomic mass is 16.5. The van der Waals surface area contributed by atoms with Crippen LogP contribution in [0.5, 0.6) is 0 Å². The average molecular weight is 325 g/mol. The molecule has 6 heteroatoms. The van der Waals surface area contributed by atoms with Crippen molar-refractivity contribution in [1.82, 2.24) is 24.6 Å². The van der Waals surface area contributed by atoms with Gasteiger partial charge in [0, 0.05) is 19.0 Å². The van der Waals surface area contributed by atoms with Crippen LogP contribution < -0.4 is 0 Å². The van der Waals surface area contributed by atoms with Crippen LogP contribution in [0.25, 0.3) is 11.0 Å². The standard InChI is InChI=1S/C18H23N5O/c1-13(2)17-20-18(24-21-17)16-8-5-9-22(16)10-11-23-12-19-14-6-3-4-7-15(14)23/h3-4,6-7,12-13,16H,5,8-11H2,1-2H3/t16-/m0/s1. The summed E-state index contributed by atoms with van der Waals surface area (Å²) in [5.41, 5.74) is 2.24. The molecule has 6 nitrogen and oxygen atoms in total. The predicted molar refractivity (Wildman–Crippen MR) is 91.7 cm³/mol. The number of fused-ring (bicyclic) bond motifs is 1. The molecular formula is C18H23N5O. The number of likely N-dealkylation sites (tertiary alicyclic amines) is 1. The van der Waals surface area contributed by atoms with Crippen molar-refractivity contribution in [3.63, 3.8) is 0 Å². The third-order valence-corrected chi connectivity index (χ3v) is 4.78.